The van der Waals surface area contributed by atoms with Crippen molar-refractivity contribution in [3.05, 3.63) is 53.9 Å². The summed E-state index contributed by atoms with van der Waals surface area (Å²) in [5, 5.41) is 7.19. The third-order valence-corrected chi connectivity index (χ3v) is 6.33. The second-order valence-corrected chi connectivity index (χ2v) is 7.89. The Labute approximate surface area is 161 Å². The number of piperidine rings is 1. The number of H-pyrrole nitrogens is 1. The lowest BCUT2D eigenvalue weighted by atomic mass is 9.82. The van der Waals surface area contributed by atoms with Gasteiger partial charge in [-0.1, -0.05) is 30.3 Å². The zero-order valence-electron chi connectivity index (χ0n) is 15.8. The molecule has 2 aromatic rings. The van der Waals surface area contributed by atoms with E-state index in [2.05, 4.69) is 40.5 Å². The number of benzene rings is 1. The van der Waals surface area contributed by atoms with E-state index in [0.29, 0.717) is 18.6 Å². The molecule has 1 aliphatic carbocycles. The Hall–Kier alpha value is -2.14. The number of carbonyl (C=O) groups is 1. The molecule has 144 valence electrons. The van der Waals surface area contributed by atoms with Gasteiger partial charge >= 0.3 is 0 Å². The zero-order chi connectivity index (χ0) is 18.5. The van der Waals surface area contributed by atoms with Gasteiger partial charge in [-0.3, -0.25) is 9.89 Å². The maximum Gasteiger partial charge on any atom is 0.210 e. The predicted molar refractivity (Wildman–Crippen MR) is 105 cm³/mol. The molecule has 1 amide bonds. The number of hydrogen-bond acceptors (Lipinski definition) is 3. The molecule has 1 saturated heterocycles. The molecular formula is C22H29N3O2. The summed E-state index contributed by atoms with van der Waals surface area (Å²) >= 11 is 0. The molecule has 2 atom stereocenters. The minimum absolute atomic E-state index is 0.101. The van der Waals surface area contributed by atoms with Gasteiger partial charge in [-0.25, -0.2) is 0 Å². The normalized spacial score (nSPS) is 28.8. The average molecular weight is 367 g/mol. The molecule has 0 spiro atoms. The molecule has 1 aliphatic heterocycles. The van der Waals surface area contributed by atoms with E-state index in [1.807, 2.05) is 11.0 Å². The Morgan fingerprint density at radius 2 is 1.93 bits per heavy atom. The molecule has 1 saturated carbocycles. The summed E-state index contributed by atoms with van der Waals surface area (Å²) in [5.74, 6) is 0.942. The van der Waals surface area contributed by atoms with Crippen molar-refractivity contribution in [1.82, 2.24) is 15.1 Å². The summed E-state index contributed by atoms with van der Waals surface area (Å²) in [6.07, 6.45) is 9.75. The molecule has 1 aromatic carbocycles. The van der Waals surface area contributed by atoms with Crippen molar-refractivity contribution in [2.75, 3.05) is 13.2 Å². The first-order valence-corrected chi connectivity index (χ1v) is 10.2. The maximum atomic E-state index is 11.6. The highest BCUT2D eigenvalue weighted by Crippen LogP contribution is 2.35. The van der Waals surface area contributed by atoms with Crippen LogP contribution in [0.2, 0.25) is 0 Å². The number of ether oxygens (including phenoxy) is 1. The first-order valence-electron chi connectivity index (χ1n) is 10.2. The first-order chi connectivity index (χ1) is 13.3. The van der Waals surface area contributed by atoms with Gasteiger partial charge in [0, 0.05) is 24.4 Å². The number of hydrogen-bond donors (Lipinski definition) is 1. The minimum Gasteiger partial charge on any atom is -0.376 e. The highest BCUT2D eigenvalue weighted by Gasteiger charge is 2.34. The van der Waals surface area contributed by atoms with Gasteiger partial charge in [0.05, 0.1) is 18.8 Å². The standard InChI is InChI=1S/C22H29N3O2/c26-16-25-14-4-7-20(21-12-13-23-24-21)22(25)15-27-19-10-8-18(9-11-19)17-5-2-1-3-6-17/h1-3,5-6,12-13,16,18-20,22H,4,7-11,14-15H2,(H,23,24)/t18?,19?,20-,22+/m1/s1. The zero-order valence-corrected chi connectivity index (χ0v) is 15.8. The van der Waals surface area contributed by atoms with E-state index < -0.39 is 0 Å². The summed E-state index contributed by atoms with van der Waals surface area (Å²) in [6, 6.07) is 12.9. The predicted octanol–water partition coefficient (Wildman–Crippen LogP) is 3.86. The molecule has 2 fully saturated rings. The van der Waals surface area contributed by atoms with Gasteiger partial charge in [-0.15, -0.1) is 0 Å². The summed E-state index contributed by atoms with van der Waals surface area (Å²) in [5.41, 5.74) is 2.57. The number of nitrogens with one attached hydrogen (secondary N) is 1. The van der Waals surface area contributed by atoms with Crippen LogP contribution in [0, 0.1) is 0 Å². The van der Waals surface area contributed by atoms with E-state index in [9.17, 15) is 4.79 Å². The first kappa shape index (κ1) is 18.2. The van der Waals surface area contributed by atoms with Crippen molar-refractivity contribution in [2.24, 2.45) is 0 Å². The summed E-state index contributed by atoms with van der Waals surface area (Å²) in [7, 11) is 0. The number of aromatic nitrogens is 2. The van der Waals surface area contributed by atoms with Crippen LogP contribution in [0.15, 0.2) is 42.6 Å². The molecule has 1 N–H and O–H groups in total. The van der Waals surface area contributed by atoms with Crippen LogP contribution in [-0.2, 0) is 9.53 Å². The third kappa shape index (κ3) is 4.24. The SMILES string of the molecule is O=CN1CCC[C@H](c2ccn[nH]2)[C@@H]1COC1CCC(c2ccccc2)CC1. The summed E-state index contributed by atoms with van der Waals surface area (Å²) in [6.45, 7) is 1.44. The fourth-order valence-corrected chi connectivity index (χ4v) is 4.78. The van der Waals surface area contributed by atoms with Gasteiger partial charge in [0.1, 0.15) is 0 Å². The third-order valence-electron chi connectivity index (χ3n) is 6.33. The van der Waals surface area contributed by atoms with Gasteiger partial charge in [0.15, 0.2) is 0 Å². The van der Waals surface area contributed by atoms with E-state index in [4.69, 9.17) is 4.74 Å². The van der Waals surface area contributed by atoms with Gasteiger partial charge in [0.25, 0.3) is 0 Å². The fraction of sp³-hybridized carbons (Fsp3) is 0.545. The van der Waals surface area contributed by atoms with Crippen LogP contribution in [0.5, 0.6) is 0 Å². The lowest BCUT2D eigenvalue weighted by Gasteiger charge is -2.40. The summed E-state index contributed by atoms with van der Waals surface area (Å²) in [4.78, 5) is 13.5. The molecule has 0 bridgehead atoms. The van der Waals surface area contributed by atoms with Crippen molar-refractivity contribution in [3.63, 3.8) is 0 Å². The van der Waals surface area contributed by atoms with Crippen molar-refractivity contribution in [1.29, 1.82) is 0 Å². The monoisotopic (exact) mass is 367 g/mol. The van der Waals surface area contributed by atoms with Crippen LogP contribution >= 0.6 is 0 Å². The van der Waals surface area contributed by atoms with Gasteiger partial charge in [-0.05, 0) is 56.1 Å². The van der Waals surface area contributed by atoms with Crippen LogP contribution in [0.1, 0.15) is 61.6 Å². The van der Waals surface area contributed by atoms with E-state index >= 15 is 0 Å². The molecule has 2 heterocycles. The van der Waals surface area contributed by atoms with E-state index in [0.717, 1.165) is 44.3 Å². The smallest absolute Gasteiger partial charge is 0.210 e. The van der Waals surface area contributed by atoms with Crippen LogP contribution in [0.25, 0.3) is 0 Å². The topological polar surface area (TPSA) is 58.2 Å². The number of carbonyl (C=O) groups excluding carboxylic acids is 1. The lowest BCUT2D eigenvalue weighted by Crippen LogP contribution is -2.47. The Morgan fingerprint density at radius 3 is 2.63 bits per heavy atom. The Bertz CT molecular complexity index is 696. The number of amides is 1. The Morgan fingerprint density at radius 1 is 1.11 bits per heavy atom. The van der Waals surface area contributed by atoms with Crippen molar-refractivity contribution in [3.8, 4) is 0 Å². The minimum atomic E-state index is 0.101. The van der Waals surface area contributed by atoms with Gasteiger partial charge in [-0.2, -0.15) is 5.10 Å². The molecule has 4 rings (SSSR count). The Balaban J connectivity index is 1.33. The largest absolute Gasteiger partial charge is 0.376 e. The molecule has 1 aromatic heterocycles. The van der Waals surface area contributed by atoms with Crippen molar-refractivity contribution >= 4 is 6.41 Å². The number of rotatable bonds is 6. The van der Waals surface area contributed by atoms with Crippen molar-refractivity contribution < 1.29 is 9.53 Å². The van der Waals surface area contributed by atoms with E-state index in [-0.39, 0.29) is 12.0 Å². The van der Waals surface area contributed by atoms with Gasteiger partial charge in [0.2, 0.25) is 6.41 Å². The molecule has 0 radical (unpaired) electrons. The fourth-order valence-electron chi connectivity index (χ4n) is 4.78. The van der Waals surface area contributed by atoms with E-state index in [1.54, 1.807) is 6.20 Å². The van der Waals surface area contributed by atoms with Crippen LogP contribution < -0.4 is 0 Å². The molecule has 5 nitrogen and oxygen atoms in total. The van der Waals surface area contributed by atoms with Crippen molar-refractivity contribution in [2.45, 2.75) is 62.5 Å². The number of nitrogens with zero attached hydrogens (tertiary/aromatic N) is 2. The molecule has 0 unspecified atom stereocenters. The Kier molecular flexibility index (Phi) is 5.87. The number of likely N-dealkylation sites (tertiary alicyclic amines) is 1. The van der Waals surface area contributed by atoms with Crippen LogP contribution in [-0.4, -0.2) is 46.8 Å². The summed E-state index contributed by atoms with van der Waals surface area (Å²) < 4.78 is 6.33. The molecule has 2 aliphatic rings. The van der Waals surface area contributed by atoms with E-state index in [1.165, 1.54) is 18.4 Å². The van der Waals surface area contributed by atoms with Gasteiger partial charge < -0.3 is 9.64 Å². The molecule has 5 heteroatoms. The highest BCUT2D eigenvalue weighted by atomic mass is 16.5. The molecule has 27 heavy (non-hydrogen) atoms. The average Bonchev–Trinajstić information content (AvgIpc) is 3.28. The molecular weight excluding hydrogens is 338 g/mol. The second kappa shape index (κ2) is 8.70. The number of aromatic amines is 1. The maximum absolute atomic E-state index is 11.6. The second-order valence-electron chi connectivity index (χ2n) is 7.89. The van der Waals surface area contributed by atoms with Crippen LogP contribution in [0.4, 0.5) is 0 Å². The lowest BCUT2D eigenvalue weighted by molar-refractivity contribution is -0.125. The highest BCUT2D eigenvalue weighted by molar-refractivity contribution is 5.48. The quantitative estimate of drug-likeness (QED) is 0.789. The van der Waals surface area contributed by atoms with Crippen LogP contribution in [0.3, 0.4) is 0 Å².